The molecule has 1 atom stereocenters. The molecular formula is C18H28N2O. The highest BCUT2D eigenvalue weighted by molar-refractivity contribution is 5.95. The highest BCUT2D eigenvalue weighted by atomic mass is 16.1. The van der Waals surface area contributed by atoms with Gasteiger partial charge in [0, 0.05) is 11.6 Å². The fourth-order valence-corrected chi connectivity index (χ4v) is 3.33. The average Bonchev–Trinajstić information content (AvgIpc) is 2.77. The Labute approximate surface area is 128 Å². The Kier molecular flexibility index (Phi) is 6.24. The van der Waals surface area contributed by atoms with Crippen LogP contribution in [0.15, 0.2) is 24.3 Å². The van der Waals surface area contributed by atoms with Gasteiger partial charge in [-0.05, 0) is 50.3 Å². The first-order valence-electron chi connectivity index (χ1n) is 8.31. The molecule has 116 valence electrons. The van der Waals surface area contributed by atoms with Crippen molar-refractivity contribution in [3.8, 4) is 0 Å². The smallest absolute Gasteiger partial charge is 0.251 e. The minimum atomic E-state index is 0.0517. The fraction of sp³-hybridized carbons (Fsp3) is 0.611. The molecule has 21 heavy (non-hydrogen) atoms. The zero-order valence-electron chi connectivity index (χ0n) is 13.1. The zero-order chi connectivity index (χ0) is 15.1. The van der Waals surface area contributed by atoms with Crippen LogP contribution in [0.4, 0.5) is 0 Å². The first kappa shape index (κ1) is 16.0. The van der Waals surface area contributed by atoms with Crippen molar-refractivity contribution in [3.05, 3.63) is 35.4 Å². The Morgan fingerprint density at radius 1 is 1.24 bits per heavy atom. The van der Waals surface area contributed by atoms with E-state index in [0.717, 1.165) is 17.5 Å². The van der Waals surface area contributed by atoms with Gasteiger partial charge in [0.2, 0.25) is 0 Å². The van der Waals surface area contributed by atoms with Gasteiger partial charge >= 0.3 is 0 Å². The van der Waals surface area contributed by atoms with Gasteiger partial charge in [0.05, 0.1) is 0 Å². The molecule has 1 amide bonds. The number of carbonyl (C=O) groups is 1. The van der Waals surface area contributed by atoms with E-state index in [4.69, 9.17) is 5.73 Å². The van der Waals surface area contributed by atoms with Crippen molar-refractivity contribution in [3.63, 3.8) is 0 Å². The molecule has 0 spiro atoms. The Morgan fingerprint density at radius 2 is 1.90 bits per heavy atom. The molecular weight excluding hydrogens is 260 g/mol. The summed E-state index contributed by atoms with van der Waals surface area (Å²) in [6, 6.07) is 8.04. The van der Waals surface area contributed by atoms with Crippen LogP contribution in [0.2, 0.25) is 0 Å². The first-order valence-corrected chi connectivity index (χ1v) is 8.31. The second-order valence-electron chi connectivity index (χ2n) is 6.21. The predicted octanol–water partition coefficient (Wildman–Crippen LogP) is 3.28. The maximum atomic E-state index is 12.5. The summed E-state index contributed by atoms with van der Waals surface area (Å²) in [5, 5.41) is 3.21. The summed E-state index contributed by atoms with van der Waals surface area (Å²) in [5.41, 5.74) is 7.46. The number of nitrogens with two attached hydrogens (primary N) is 1. The van der Waals surface area contributed by atoms with Crippen LogP contribution < -0.4 is 11.1 Å². The summed E-state index contributed by atoms with van der Waals surface area (Å²) in [4.78, 5) is 12.5. The molecule has 1 saturated carbocycles. The topological polar surface area (TPSA) is 55.1 Å². The lowest BCUT2D eigenvalue weighted by Gasteiger charge is -2.24. The number of hydrogen-bond donors (Lipinski definition) is 2. The second kappa shape index (κ2) is 8.18. The predicted molar refractivity (Wildman–Crippen MR) is 87.3 cm³/mol. The van der Waals surface area contributed by atoms with Crippen LogP contribution in [0.25, 0.3) is 0 Å². The molecule has 2 rings (SSSR count). The Bertz CT molecular complexity index is 450. The van der Waals surface area contributed by atoms with Crippen LogP contribution in [0, 0.1) is 5.92 Å². The van der Waals surface area contributed by atoms with Crippen molar-refractivity contribution in [1.82, 2.24) is 5.32 Å². The van der Waals surface area contributed by atoms with Gasteiger partial charge in [-0.15, -0.1) is 0 Å². The molecule has 0 aromatic heterocycles. The van der Waals surface area contributed by atoms with E-state index < -0.39 is 0 Å². The lowest BCUT2D eigenvalue weighted by Crippen LogP contribution is -2.38. The van der Waals surface area contributed by atoms with Crippen LogP contribution in [0.3, 0.4) is 0 Å². The summed E-state index contributed by atoms with van der Waals surface area (Å²) in [7, 11) is 0. The quantitative estimate of drug-likeness (QED) is 0.817. The van der Waals surface area contributed by atoms with Crippen molar-refractivity contribution in [2.45, 2.75) is 57.9 Å². The van der Waals surface area contributed by atoms with E-state index in [9.17, 15) is 4.79 Å². The molecule has 0 radical (unpaired) electrons. The molecule has 1 fully saturated rings. The van der Waals surface area contributed by atoms with Gasteiger partial charge in [0.25, 0.3) is 5.91 Å². The molecule has 1 aromatic carbocycles. The van der Waals surface area contributed by atoms with Crippen LogP contribution in [-0.2, 0) is 6.42 Å². The molecule has 1 aliphatic rings. The fourth-order valence-electron chi connectivity index (χ4n) is 3.33. The Morgan fingerprint density at radius 3 is 2.57 bits per heavy atom. The van der Waals surface area contributed by atoms with E-state index in [-0.39, 0.29) is 11.9 Å². The normalized spacial score (nSPS) is 18.0. The molecule has 3 heteroatoms. The zero-order valence-corrected chi connectivity index (χ0v) is 13.1. The number of carbonyl (C=O) groups excluding carboxylic acids is 1. The van der Waals surface area contributed by atoms with E-state index >= 15 is 0 Å². The minimum Gasteiger partial charge on any atom is -0.349 e. The van der Waals surface area contributed by atoms with E-state index in [1.54, 1.807) is 0 Å². The molecule has 0 heterocycles. The van der Waals surface area contributed by atoms with Gasteiger partial charge in [-0.1, -0.05) is 43.9 Å². The number of nitrogens with one attached hydrogen (secondary N) is 1. The third kappa shape index (κ3) is 4.57. The first-order chi connectivity index (χ1) is 10.2. The van der Waals surface area contributed by atoms with Crippen LogP contribution >= 0.6 is 0 Å². The van der Waals surface area contributed by atoms with Crippen LogP contribution in [-0.4, -0.2) is 18.5 Å². The SMILES string of the molecule is C[C@@H](NC(=O)c1ccccc1CCN)C1CCCCCC1. The molecule has 1 aliphatic carbocycles. The number of rotatable bonds is 5. The van der Waals surface area contributed by atoms with Crippen molar-refractivity contribution in [1.29, 1.82) is 0 Å². The Balaban J connectivity index is 2.00. The Hall–Kier alpha value is -1.35. The number of benzene rings is 1. The summed E-state index contributed by atoms with van der Waals surface area (Å²) in [5.74, 6) is 0.675. The third-order valence-electron chi connectivity index (χ3n) is 4.64. The highest BCUT2D eigenvalue weighted by Gasteiger charge is 2.21. The monoisotopic (exact) mass is 288 g/mol. The second-order valence-corrected chi connectivity index (χ2v) is 6.21. The van der Waals surface area contributed by atoms with E-state index in [1.165, 1.54) is 38.5 Å². The average molecular weight is 288 g/mol. The lowest BCUT2D eigenvalue weighted by molar-refractivity contribution is 0.0923. The highest BCUT2D eigenvalue weighted by Crippen LogP contribution is 2.25. The summed E-state index contributed by atoms with van der Waals surface area (Å²) >= 11 is 0. The van der Waals surface area contributed by atoms with Gasteiger partial charge in [0.1, 0.15) is 0 Å². The van der Waals surface area contributed by atoms with Crippen molar-refractivity contribution < 1.29 is 4.79 Å². The maximum Gasteiger partial charge on any atom is 0.251 e. The molecule has 0 saturated heterocycles. The molecule has 1 aromatic rings. The van der Waals surface area contributed by atoms with E-state index in [2.05, 4.69) is 12.2 Å². The summed E-state index contributed by atoms with van der Waals surface area (Å²) in [6.07, 6.45) is 8.52. The lowest BCUT2D eigenvalue weighted by atomic mass is 9.92. The van der Waals surface area contributed by atoms with Gasteiger partial charge < -0.3 is 11.1 Å². The van der Waals surface area contributed by atoms with Crippen LogP contribution in [0.5, 0.6) is 0 Å². The van der Waals surface area contributed by atoms with Crippen molar-refractivity contribution >= 4 is 5.91 Å². The third-order valence-corrected chi connectivity index (χ3v) is 4.64. The van der Waals surface area contributed by atoms with Crippen molar-refractivity contribution in [2.24, 2.45) is 11.7 Å². The van der Waals surface area contributed by atoms with Gasteiger partial charge in [-0.25, -0.2) is 0 Å². The van der Waals surface area contributed by atoms with E-state index in [0.29, 0.717) is 12.5 Å². The standard InChI is InChI=1S/C18H28N2O/c1-14(15-8-4-2-3-5-9-15)20-18(21)17-11-7-6-10-16(17)12-13-19/h6-7,10-11,14-15H,2-5,8-9,12-13,19H2,1H3,(H,20,21)/t14-/m1/s1. The summed E-state index contributed by atoms with van der Waals surface area (Å²) in [6.45, 7) is 2.72. The molecule has 0 bridgehead atoms. The largest absolute Gasteiger partial charge is 0.349 e. The molecule has 0 aliphatic heterocycles. The number of hydrogen-bond acceptors (Lipinski definition) is 2. The summed E-state index contributed by atoms with van der Waals surface area (Å²) < 4.78 is 0. The maximum absolute atomic E-state index is 12.5. The van der Waals surface area contributed by atoms with Gasteiger partial charge in [-0.3, -0.25) is 4.79 Å². The minimum absolute atomic E-state index is 0.0517. The molecule has 0 unspecified atom stereocenters. The molecule has 3 nitrogen and oxygen atoms in total. The van der Waals surface area contributed by atoms with Gasteiger partial charge in [-0.2, -0.15) is 0 Å². The van der Waals surface area contributed by atoms with E-state index in [1.807, 2.05) is 24.3 Å². The van der Waals surface area contributed by atoms with Gasteiger partial charge in [0.15, 0.2) is 0 Å². The van der Waals surface area contributed by atoms with Crippen LogP contribution in [0.1, 0.15) is 61.4 Å². The molecule has 3 N–H and O–H groups in total. The number of amides is 1. The van der Waals surface area contributed by atoms with Crippen molar-refractivity contribution in [2.75, 3.05) is 6.54 Å².